The summed E-state index contributed by atoms with van der Waals surface area (Å²) in [5, 5.41) is 15.5. The highest BCUT2D eigenvalue weighted by Gasteiger charge is 2.14. The molecule has 0 unspecified atom stereocenters. The van der Waals surface area contributed by atoms with Crippen molar-refractivity contribution in [3.63, 3.8) is 0 Å². The smallest absolute Gasteiger partial charge is 0.161 e. The van der Waals surface area contributed by atoms with Gasteiger partial charge in [0.05, 0.1) is 23.9 Å². The Hall–Kier alpha value is -2.84. The zero-order chi connectivity index (χ0) is 19.8. The van der Waals surface area contributed by atoms with Crippen LogP contribution >= 0.6 is 23.5 Å². The second-order valence-corrected chi connectivity index (χ2v) is 8.41. The van der Waals surface area contributed by atoms with E-state index in [1.165, 1.54) is 17.6 Å². The third-order valence-electron chi connectivity index (χ3n) is 4.64. The summed E-state index contributed by atoms with van der Waals surface area (Å²) < 4.78 is 12.7. The molecule has 0 bridgehead atoms. The number of hydrogen-bond acceptors (Lipinski definition) is 7. The van der Waals surface area contributed by atoms with Crippen LogP contribution in [0, 0.1) is 0 Å². The van der Waals surface area contributed by atoms with E-state index in [0.29, 0.717) is 11.7 Å². The number of phenolic OH excluding ortho intramolecular Hbond substituents is 1. The van der Waals surface area contributed by atoms with Crippen LogP contribution < -0.4 is 9.47 Å². The molecule has 1 aliphatic heterocycles. The Labute approximate surface area is 175 Å². The molecule has 146 valence electrons. The summed E-state index contributed by atoms with van der Waals surface area (Å²) in [6, 6.07) is 15.5. The predicted molar refractivity (Wildman–Crippen MR) is 114 cm³/mol. The molecule has 4 aromatic rings. The van der Waals surface area contributed by atoms with Crippen molar-refractivity contribution in [2.45, 2.75) is 15.7 Å². The molecule has 0 spiro atoms. The Morgan fingerprint density at radius 3 is 3.03 bits per heavy atom. The van der Waals surface area contributed by atoms with Gasteiger partial charge in [0, 0.05) is 11.3 Å². The number of aromatic hydroxyl groups is 1. The monoisotopic (exact) mass is 423 g/mol. The highest BCUT2D eigenvalue weighted by Crippen LogP contribution is 2.37. The molecular weight excluding hydrogens is 406 g/mol. The maximum absolute atomic E-state index is 9.85. The van der Waals surface area contributed by atoms with Crippen molar-refractivity contribution in [1.82, 2.24) is 14.6 Å². The molecule has 0 amide bonds. The minimum Gasteiger partial charge on any atom is -0.504 e. The molecule has 2 aromatic carbocycles. The number of fused-ring (bicyclic) bond motifs is 2. The van der Waals surface area contributed by atoms with Gasteiger partial charge < -0.3 is 14.6 Å². The standard InChI is InChI=1S/C21H17N3O3S2/c1-26-17-9-14(3-4-16(17)25)15-10-22-20-6-7-21(23-24(15)20)28-11-13-2-5-19-18(8-13)27-12-29-19/h2-10,25H,11-12H2,1H3. The topological polar surface area (TPSA) is 68.9 Å². The maximum atomic E-state index is 9.85. The van der Waals surface area contributed by atoms with E-state index in [9.17, 15) is 5.11 Å². The number of ether oxygens (including phenoxy) is 2. The van der Waals surface area contributed by atoms with Crippen LogP contribution in [0.5, 0.6) is 17.2 Å². The first-order valence-corrected chi connectivity index (χ1v) is 10.9. The molecule has 6 nitrogen and oxygen atoms in total. The number of aromatic nitrogens is 3. The van der Waals surface area contributed by atoms with E-state index in [0.717, 1.165) is 33.4 Å². The van der Waals surface area contributed by atoms with Crippen LogP contribution in [0.25, 0.3) is 16.9 Å². The quantitative estimate of drug-likeness (QED) is 0.460. The second kappa shape index (κ2) is 7.53. The Balaban J connectivity index is 1.42. The fraction of sp³-hybridized carbons (Fsp3) is 0.143. The van der Waals surface area contributed by atoms with E-state index in [4.69, 9.17) is 14.6 Å². The average molecular weight is 424 g/mol. The third-order valence-corrected chi connectivity index (χ3v) is 6.51. The lowest BCUT2D eigenvalue weighted by molar-refractivity contribution is 0.373. The molecule has 3 heterocycles. The minimum atomic E-state index is 0.103. The van der Waals surface area contributed by atoms with Gasteiger partial charge in [0.15, 0.2) is 17.1 Å². The summed E-state index contributed by atoms with van der Waals surface area (Å²) >= 11 is 3.38. The van der Waals surface area contributed by atoms with Crippen LogP contribution in [0.1, 0.15) is 5.56 Å². The second-order valence-electron chi connectivity index (χ2n) is 6.45. The van der Waals surface area contributed by atoms with E-state index >= 15 is 0 Å². The number of imidazole rings is 1. The number of methoxy groups -OCH3 is 1. The van der Waals surface area contributed by atoms with Gasteiger partial charge in [0.2, 0.25) is 0 Å². The summed E-state index contributed by atoms with van der Waals surface area (Å²) in [4.78, 5) is 5.64. The van der Waals surface area contributed by atoms with Crippen molar-refractivity contribution in [2.24, 2.45) is 0 Å². The van der Waals surface area contributed by atoms with E-state index < -0.39 is 0 Å². The van der Waals surface area contributed by atoms with Crippen molar-refractivity contribution in [3.8, 4) is 28.5 Å². The van der Waals surface area contributed by atoms with Gasteiger partial charge in [0.25, 0.3) is 0 Å². The van der Waals surface area contributed by atoms with Crippen molar-refractivity contribution in [2.75, 3.05) is 13.0 Å². The third kappa shape index (κ3) is 3.49. The van der Waals surface area contributed by atoms with E-state index in [2.05, 4.69) is 23.2 Å². The number of phenols is 1. The molecular formula is C21H17N3O3S2. The zero-order valence-electron chi connectivity index (χ0n) is 15.5. The average Bonchev–Trinajstić information content (AvgIpc) is 3.38. The molecule has 1 aliphatic rings. The summed E-state index contributed by atoms with van der Waals surface area (Å²) in [5.41, 5.74) is 3.67. The van der Waals surface area contributed by atoms with Crippen LogP contribution in [-0.4, -0.2) is 32.8 Å². The predicted octanol–water partition coefficient (Wildman–Crippen LogP) is 4.84. The Bertz CT molecular complexity index is 1210. The number of rotatable bonds is 5. The van der Waals surface area contributed by atoms with Crippen molar-refractivity contribution in [1.29, 1.82) is 0 Å². The van der Waals surface area contributed by atoms with E-state index in [1.54, 1.807) is 41.9 Å². The molecule has 0 radical (unpaired) electrons. The van der Waals surface area contributed by atoms with Gasteiger partial charge in [-0.25, -0.2) is 9.50 Å². The van der Waals surface area contributed by atoms with Crippen LogP contribution in [0.2, 0.25) is 0 Å². The first-order valence-electron chi connectivity index (χ1n) is 8.95. The summed E-state index contributed by atoms with van der Waals surface area (Å²) in [5.74, 6) is 2.98. The first-order chi connectivity index (χ1) is 14.2. The molecule has 1 N–H and O–H groups in total. The van der Waals surface area contributed by atoms with Crippen LogP contribution in [0.4, 0.5) is 0 Å². The molecule has 0 atom stereocenters. The van der Waals surface area contributed by atoms with E-state index in [-0.39, 0.29) is 5.75 Å². The molecule has 5 rings (SSSR count). The fourth-order valence-electron chi connectivity index (χ4n) is 3.16. The molecule has 0 fully saturated rings. The summed E-state index contributed by atoms with van der Waals surface area (Å²) in [6.07, 6.45) is 1.78. The first kappa shape index (κ1) is 18.2. The van der Waals surface area contributed by atoms with Crippen LogP contribution in [-0.2, 0) is 5.75 Å². The lowest BCUT2D eigenvalue weighted by Gasteiger charge is -2.07. The highest BCUT2D eigenvalue weighted by atomic mass is 32.2. The zero-order valence-corrected chi connectivity index (χ0v) is 17.2. The number of thioether (sulfide) groups is 2. The molecule has 0 saturated heterocycles. The van der Waals surface area contributed by atoms with E-state index in [1.807, 2.05) is 22.7 Å². The molecule has 8 heteroatoms. The molecule has 29 heavy (non-hydrogen) atoms. The van der Waals surface area contributed by atoms with Gasteiger partial charge in [-0.15, -0.1) is 0 Å². The minimum absolute atomic E-state index is 0.103. The lowest BCUT2D eigenvalue weighted by Crippen LogP contribution is -1.96. The van der Waals surface area contributed by atoms with Gasteiger partial charge in [-0.2, -0.15) is 5.10 Å². The maximum Gasteiger partial charge on any atom is 0.161 e. The highest BCUT2D eigenvalue weighted by molar-refractivity contribution is 7.99. The van der Waals surface area contributed by atoms with Gasteiger partial charge in [-0.05, 0) is 48.0 Å². The van der Waals surface area contributed by atoms with Crippen LogP contribution in [0.3, 0.4) is 0 Å². The van der Waals surface area contributed by atoms with Crippen LogP contribution in [0.15, 0.2) is 64.6 Å². The SMILES string of the molecule is COc1cc(-c2cnc3ccc(SCc4ccc5c(c4)OCS5)nn23)ccc1O. The Morgan fingerprint density at radius 1 is 1.21 bits per heavy atom. The van der Waals surface area contributed by atoms with Crippen molar-refractivity contribution >= 4 is 29.2 Å². The van der Waals surface area contributed by atoms with Gasteiger partial charge in [-0.1, -0.05) is 29.6 Å². The number of nitrogens with zero attached hydrogens (tertiary/aromatic N) is 3. The van der Waals surface area contributed by atoms with Gasteiger partial charge >= 0.3 is 0 Å². The largest absolute Gasteiger partial charge is 0.504 e. The molecule has 0 aliphatic carbocycles. The number of benzene rings is 2. The van der Waals surface area contributed by atoms with Gasteiger partial charge in [-0.3, -0.25) is 0 Å². The lowest BCUT2D eigenvalue weighted by atomic mass is 10.1. The molecule has 0 saturated carbocycles. The van der Waals surface area contributed by atoms with Crippen molar-refractivity contribution in [3.05, 3.63) is 60.3 Å². The number of hydrogen-bond donors (Lipinski definition) is 1. The molecule has 2 aromatic heterocycles. The Kier molecular flexibility index (Phi) is 4.73. The summed E-state index contributed by atoms with van der Waals surface area (Å²) in [7, 11) is 1.53. The van der Waals surface area contributed by atoms with Crippen molar-refractivity contribution < 1.29 is 14.6 Å². The fourth-order valence-corrected chi connectivity index (χ4v) is 4.69. The summed E-state index contributed by atoms with van der Waals surface area (Å²) in [6.45, 7) is 0. The normalized spacial score (nSPS) is 12.7. The van der Waals surface area contributed by atoms with Gasteiger partial charge in [0.1, 0.15) is 16.7 Å². The Morgan fingerprint density at radius 2 is 2.14 bits per heavy atom.